The van der Waals surface area contributed by atoms with E-state index in [0.717, 1.165) is 22.0 Å². The van der Waals surface area contributed by atoms with E-state index in [0.29, 0.717) is 11.7 Å². The Balaban J connectivity index is 1.99. The number of aromatic nitrogens is 4. The maximum absolute atomic E-state index is 6.28. The summed E-state index contributed by atoms with van der Waals surface area (Å²) in [6, 6.07) is 4.10. The van der Waals surface area contributed by atoms with Crippen molar-refractivity contribution in [2.75, 3.05) is 0 Å². The highest BCUT2D eigenvalue weighted by molar-refractivity contribution is 7.13. The molecule has 3 aromatic rings. The van der Waals surface area contributed by atoms with Gasteiger partial charge < -0.3 is 4.57 Å². The van der Waals surface area contributed by atoms with E-state index in [1.807, 2.05) is 32.4 Å². The summed E-state index contributed by atoms with van der Waals surface area (Å²) >= 11 is 7.96. The third-order valence-corrected chi connectivity index (χ3v) is 4.39. The Hall–Kier alpha value is -1.59. The number of aryl methyl sites for hydroxylation is 2. The molecule has 0 saturated carbocycles. The minimum absolute atomic E-state index is 0.684. The van der Waals surface area contributed by atoms with Crippen LogP contribution in [-0.2, 0) is 13.6 Å². The number of imidazole rings is 1. The normalized spacial score (nSPS) is 11.1. The molecule has 0 fully saturated rings. The Labute approximate surface area is 120 Å². The largest absolute Gasteiger partial charge is 0.326 e. The molecule has 0 spiro atoms. The summed E-state index contributed by atoms with van der Waals surface area (Å²) in [5.41, 5.74) is 2.00. The summed E-state index contributed by atoms with van der Waals surface area (Å²) in [6.07, 6.45) is 3.78. The molecule has 3 heterocycles. The van der Waals surface area contributed by atoms with Crippen LogP contribution < -0.4 is 0 Å². The van der Waals surface area contributed by atoms with Crippen LogP contribution in [0.15, 0.2) is 29.9 Å². The minimum atomic E-state index is 0.684. The van der Waals surface area contributed by atoms with Crippen molar-refractivity contribution in [2.24, 2.45) is 7.05 Å². The van der Waals surface area contributed by atoms with E-state index in [2.05, 4.69) is 26.1 Å². The molecule has 0 atom stereocenters. The fourth-order valence-electron chi connectivity index (χ4n) is 2.09. The van der Waals surface area contributed by atoms with Gasteiger partial charge in [0.25, 0.3) is 0 Å². The third-order valence-electron chi connectivity index (χ3n) is 3.06. The van der Waals surface area contributed by atoms with Gasteiger partial charge in [-0.2, -0.15) is 5.10 Å². The first kappa shape index (κ1) is 12.4. The van der Waals surface area contributed by atoms with E-state index in [4.69, 9.17) is 11.6 Å². The number of rotatable bonds is 3. The molecule has 0 bridgehead atoms. The zero-order valence-electron chi connectivity index (χ0n) is 10.7. The molecule has 3 aromatic heterocycles. The van der Waals surface area contributed by atoms with Crippen LogP contribution in [-0.4, -0.2) is 19.3 Å². The molecule has 0 aromatic carbocycles. The van der Waals surface area contributed by atoms with Crippen LogP contribution in [0.2, 0.25) is 5.15 Å². The van der Waals surface area contributed by atoms with E-state index in [-0.39, 0.29) is 0 Å². The molecule has 0 N–H and O–H groups in total. The highest BCUT2D eigenvalue weighted by atomic mass is 35.5. The maximum Gasteiger partial charge on any atom is 0.150 e. The first-order chi connectivity index (χ1) is 9.16. The van der Waals surface area contributed by atoms with Crippen molar-refractivity contribution in [3.8, 4) is 10.7 Å². The van der Waals surface area contributed by atoms with Crippen molar-refractivity contribution in [3.63, 3.8) is 0 Å². The second-order valence-electron chi connectivity index (χ2n) is 4.33. The van der Waals surface area contributed by atoms with Gasteiger partial charge in [0.05, 0.1) is 17.1 Å². The Morgan fingerprint density at radius 3 is 2.89 bits per heavy atom. The molecule has 0 saturated heterocycles. The quantitative estimate of drug-likeness (QED) is 0.742. The zero-order valence-corrected chi connectivity index (χ0v) is 12.2. The second-order valence-corrected chi connectivity index (χ2v) is 5.64. The lowest BCUT2D eigenvalue weighted by atomic mass is 10.2. The predicted octanol–water partition coefficient (Wildman–Crippen LogP) is 3.36. The van der Waals surface area contributed by atoms with Crippen LogP contribution in [0.4, 0.5) is 0 Å². The van der Waals surface area contributed by atoms with Crippen LogP contribution in [0, 0.1) is 6.92 Å². The van der Waals surface area contributed by atoms with Crippen molar-refractivity contribution in [2.45, 2.75) is 13.5 Å². The standard InChI is InChI=1S/C13H13ClN4S/c1-9-10(12(14)17(2)16-9)8-18-6-5-15-13(18)11-4-3-7-19-11/h3-7H,8H2,1-2H3. The first-order valence-corrected chi connectivity index (χ1v) is 7.15. The molecular formula is C13H13ClN4S. The van der Waals surface area contributed by atoms with Gasteiger partial charge in [-0.15, -0.1) is 11.3 Å². The molecule has 0 radical (unpaired) electrons. The van der Waals surface area contributed by atoms with Gasteiger partial charge in [-0.25, -0.2) is 4.98 Å². The van der Waals surface area contributed by atoms with Gasteiger partial charge in [0, 0.05) is 25.0 Å². The molecule has 0 aliphatic rings. The summed E-state index contributed by atoms with van der Waals surface area (Å²) in [6.45, 7) is 2.66. The van der Waals surface area contributed by atoms with Gasteiger partial charge in [0.15, 0.2) is 0 Å². The highest BCUT2D eigenvalue weighted by Gasteiger charge is 2.14. The van der Waals surface area contributed by atoms with Crippen molar-refractivity contribution in [1.82, 2.24) is 19.3 Å². The summed E-state index contributed by atoms with van der Waals surface area (Å²) in [7, 11) is 1.85. The number of halogens is 1. The van der Waals surface area contributed by atoms with Crippen LogP contribution >= 0.6 is 22.9 Å². The van der Waals surface area contributed by atoms with Gasteiger partial charge in [0.1, 0.15) is 11.0 Å². The average Bonchev–Trinajstić information content (AvgIpc) is 3.08. The molecule has 98 valence electrons. The first-order valence-electron chi connectivity index (χ1n) is 5.90. The molecular weight excluding hydrogens is 280 g/mol. The molecule has 19 heavy (non-hydrogen) atoms. The molecule has 0 aliphatic heterocycles. The summed E-state index contributed by atoms with van der Waals surface area (Å²) < 4.78 is 3.80. The van der Waals surface area contributed by atoms with Crippen molar-refractivity contribution >= 4 is 22.9 Å². The van der Waals surface area contributed by atoms with E-state index in [9.17, 15) is 0 Å². The van der Waals surface area contributed by atoms with Gasteiger partial charge in [-0.1, -0.05) is 17.7 Å². The third kappa shape index (κ3) is 2.19. The second kappa shape index (κ2) is 4.83. The van der Waals surface area contributed by atoms with Gasteiger partial charge in [-0.3, -0.25) is 4.68 Å². The predicted molar refractivity (Wildman–Crippen MR) is 77.6 cm³/mol. The van der Waals surface area contributed by atoms with E-state index in [1.54, 1.807) is 16.0 Å². The summed E-state index contributed by atoms with van der Waals surface area (Å²) in [4.78, 5) is 5.58. The molecule has 0 unspecified atom stereocenters. The SMILES string of the molecule is Cc1nn(C)c(Cl)c1Cn1ccnc1-c1cccs1. The van der Waals surface area contributed by atoms with Gasteiger partial charge >= 0.3 is 0 Å². The number of thiophene rings is 1. The molecule has 6 heteroatoms. The molecule has 3 rings (SSSR count). The minimum Gasteiger partial charge on any atom is -0.326 e. The zero-order chi connectivity index (χ0) is 13.4. The number of hydrogen-bond acceptors (Lipinski definition) is 3. The van der Waals surface area contributed by atoms with Gasteiger partial charge in [-0.05, 0) is 18.4 Å². The maximum atomic E-state index is 6.28. The van der Waals surface area contributed by atoms with Crippen molar-refractivity contribution in [3.05, 3.63) is 46.3 Å². The summed E-state index contributed by atoms with van der Waals surface area (Å²) in [5.74, 6) is 0.967. The van der Waals surface area contributed by atoms with E-state index in [1.165, 1.54) is 0 Å². The lowest BCUT2D eigenvalue weighted by Gasteiger charge is -2.06. The van der Waals surface area contributed by atoms with Crippen LogP contribution in [0.1, 0.15) is 11.3 Å². The smallest absolute Gasteiger partial charge is 0.150 e. The average molecular weight is 293 g/mol. The monoisotopic (exact) mass is 292 g/mol. The topological polar surface area (TPSA) is 35.6 Å². The number of hydrogen-bond donors (Lipinski definition) is 0. The fourth-order valence-corrected chi connectivity index (χ4v) is 3.06. The van der Waals surface area contributed by atoms with Crippen LogP contribution in [0.25, 0.3) is 10.7 Å². The van der Waals surface area contributed by atoms with Crippen LogP contribution in [0.5, 0.6) is 0 Å². The molecule has 0 aliphatic carbocycles. The van der Waals surface area contributed by atoms with Crippen molar-refractivity contribution in [1.29, 1.82) is 0 Å². The van der Waals surface area contributed by atoms with E-state index < -0.39 is 0 Å². The highest BCUT2D eigenvalue weighted by Crippen LogP contribution is 2.26. The molecule has 4 nitrogen and oxygen atoms in total. The number of nitrogens with zero attached hydrogens (tertiary/aromatic N) is 4. The van der Waals surface area contributed by atoms with Crippen LogP contribution in [0.3, 0.4) is 0 Å². The Morgan fingerprint density at radius 2 is 2.26 bits per heavy atom. The Bertz CT molecular complexity index is 696. The fraction of sp³-hybridized carbons (Fsp3) is 0.231. The lowest BCUT2D eigenvalue weighted by Crippen LogP contribution is -2.01. The van der Waals surface area contributed by atoms with E-state index >= 15 is 0 Å². The Morgan fingerprint density at radius 1 is 1.42 bits per heavy atom. The Kier molecular flexibility index (Phi) is 3.16. The van der Waals surface area contributed by atoms with Crippen molar-refractivity contribution < 1.29 is 0 Å². The lowest BCUT2D eigenvalue weighted by molar-refractivity contribution is 0.756. The van der Waals surface area contributed by atoms with Gasteiger partial charge in [0.2, 0.25) is 0 Å². The molecule has 0 amide bonds. The summed E-state index contributed by atoms with van der Waals surface area (Å²) in [5, 5.41) is 7.07.